The number of para-hydroxylation sites is 1. The van der Waals surface area contributed by atoms with Crippen LogP contribution in [0, 0.1) is 6.92 Å². The number of H-pyrrole nitrogens is 1. The summed E-state index contributed by atoms with van der Waals surface area (Å²) in [5.41, 5.74) is 1.44. The molecule has 0 aliphatic rings. The molecule has 0 bridgehead atoms. The summed E-state index contributed by atoms with van der Waals surface area (Å²) in [4.78, 5) is 31.1. The van der Waals surface area contributed by atoms with E-state index in [1.54, 1.807) is 30.3 Å². The van der Waals surface area contributed by atoms with Crippen molar-refractivity contribution < 1.29 is 9.53 Å². The maximum absolute atomic E-state index is 12.0. The fourth-order valence-electron chi connectivity index (χ4n) is 2.52. The number of hydrogen-bond acceptors (Lipinski definition) is 4. The first-order valence-corrected chi connectivity index (χ1v) is 8.35. The molecule has 0 fully saturated rings. The summed E-state index contributed by atoms with van der Waals surface area (Å²) in [6.07, 6.45) is 1.21. The number of aryl methyl sites for hydroxylation is 2. The lowest BCUT2D eigenvalue weighted by molar-refractivity contribution is -0.134. The van der Waals surface area contributed by atoms with E-state index in [4.69, 9.17) is 16.3 Å². The highest BCUT2D eigenvalue weighted by atomic mass is 35.5. The van der Waals surface area contributed by atoms with Gasteiger partial charge < -0.3 is 9.72 Å². The highest BCUT2D eigenvalue weighted by Crippen LogP contribution is 2.25. The number of ether oxygens (including phenoxy) is 1. The van der Waals surface area contributed by atoms with E-state index in [0.29, 0.717) is 40.3 Å². The number of halogens is 1. The summed E-state index contributed by atoms with van der Waals surface area (Å²) in [5, 5.41) is 0.958. The summed E-state index contributed by atoms with van der Waals surface area (Å²) < 4.78 is 5.29. The van der Waals surface area contributed by atoms with Crippen LogP contribution in [0.5, 0.6) is 5.75 Å². The van der Waals surface area contributed by atoms with E-state index >= 15 is 0 Å². The van der Waals surface area contributed by atoms with E-state index in [0.717, 1.165) is 5.56 Å². The van der Waals surface area contributed by atoms with Crippen LogP contribution in [-0.2, 0) is 11.2 Å². The summed E-state index contributed by atoms with van der Waals surface area (Å²) in [6, 6.07) is 12.4. The van der Waals surface area contributed by atoms with Gasteiger partial charge in [0, 0.05) is 12.8 Å². The standard InChI is InChI=1S/C19H17ClN2O3/c1-12-9-10-14(20)16(11-12)25-18(23)8-4-7-17-21-15-6-3-2-5-13(15)19(24)22-17/h2-3,5-6,9-11H,4,7-8H2,1H3,(H,21,22,24). The van der Waals surface area contributed by atoms with E-state index in [1.165, 1.54) is 0 Å². The smallest absolute Gasteiger partial charge is 0.311 e. The van der Waals surface area contributed by atoms with Crippen LogP contribution in [0.2, 0.25) is 5.02 Å². The second kappa shape index (κ2) is 7.49. The maximum Gasteiger partial charge on any atom is 0.311 e. The first-order valence-electron chi connectivity index (χ1n) is 7.98. The second-order valence-corrected chi connectivity index (χ2v) is 6.20. The first-order chi connectivity index (χ1) is 12.0. The summed E-state index contributed by atoms with van der Waals surface area (Å²) in [5.74, 6) is 0.560. The van der Waals surface area contributed by atoms with Crippen LogP contribution in [0.4, 0.5) is 0 Å². The third kappa shape index (κ3) is 4.25. The third-order valence-electron chi connectivity index (χ3n) is 3.77. The lowest BCUT2D eigenvalue weighted by Gasteiger charge is -2.07. The number of rotatable bonds is 5. The number of nitrogens with zero attached hydrogens (tertiary/aromatic N) is 1. The number of carbonyl (C=O) groups is 1. The molecular formula is C19H17ClN2O3. The molecule has 0 aliphatic heterocycles. The normalized spacial score (nSPS) is 10.8. The SMILES string of the molecule is Cc1ccc(Cl)c(OC(=O)CCCc2nc3ccccc3c(=O)[nH]2)c1. The van der Waals surface area contributed by atoms with Crippen LogP contribution in [0.15, 0.2) is 47.3 Å². The van der Waals surface area contributed by atoms with Crippen molar-refractivity contribution in [2.24, 2.45) is 0 Å². The zero-order valence-corrected chi connectivity index (χ0v) is 14.5. The number of fused-ring (bicyclic) bond motifs is 1. The second-order valence-electron chi connectivity index (χ2n) is 5.79. The molecule has 3 aromatic rings. The molecule has 5 nitrogen and oxygen atoms in total. The van der Waals surface area contributed by atoms with Gasteiger partial charge in [-0.3, -0.25) is 9.59 Å². The molecule has 1 N–H and O–H groups in total. The van der Waals surface area contributed by atoms with Crippen LogP contribution in [0.3, 0.4) is 0 Å². The molecule has 0 amide bonds. The number of benzene rings is 2. The van der Waals surface area contributed by atoms with Gasteiger partial charge in [-0.2, -0.15) is 0 Å². The Bertz CT molecular complexity index is 982. The third-order valence-corrected chi connectivity index (χ3v) is 4.08. The Morgan fingerprint density at radius 2 is 2.04 bits per heavy atom. The molecule has 2 aromatic carbocycles. The van der Waals surface area contributed by atoms with Gasteiger partial charge in [-0.05, 0) is 43.2 Å². The van der Waals surface area contributed by atoms with Crippen molar-refractivity contribution in [3.63, 3.8) is 0 Å². The van der Waals surface area contributed by atoms with Gasteiger partial charge in [-0.1, -0.05) is 29.8 Å². The van der Waals surface area contributed by atoms with Gasteiger partial charge in [0.1, 0.15) is 11.6 Å². The topological polar surface area (TPSA) is 72.0 Å². The van der Waals surface area contributed by atoms with Crippen LogP contribution in [0.1, 0.15) is 24.2 Å². The molecule has 0 saturated heterocycles. The Labute approximate surface area is 149 Å². The predicted molar refractivity (Wildman–Crippen MR) is 97.1 cm³/mol. The molecule has 0 unspecified atom stereocenters. The first kappa shape index (κ1) is 17.2. The molecule has 0 aliphatic carbocycles. The Hall–Kier alpha value is -2.66. The van der Waals surface area contributed by atoms with Gasteiger partial charge in [-0.25, -0.2) is 4.98 Å². The van der Waals surface area contributed by atoms with Crippen LogP contribution < -0.4 is 10.3 Å². The van der Waals surface area contributed by atoms with Gasteiger partial charge in [-0.15, -0.1) is 0 Å². The van der Waals surface area contributed by atoms with Crippen molar-refractivity contribution in [2.45, 2.75) is 26.2 Å². The molecule has 3 rings (SSSR count). The van der Waals surface area contributed by atoms with Crippen LogP contribution in [-0.4, -0.2) is 15.9 Å². The van der Waals surface area contributed by atoms with Gasteiger partial charge in [0.15, 0.2) is 0 Å². The van der Waals surface area contributed by atoms with Crippen molar-refractivity contribution in [1.82, 2.24) is 9.97 Å². The Balaban J connectivity index is 1.60. The van der Waals surface area contributed by atoms with Crippen molar-refractivity contribution in [2.75, 3.05) is 0 Å². The number of hydrogen-bond donors (Lipinski definition) is 1. The van der Waals surface area contributed by atoms with Gasteiger partial charge in [0.2, 0.25) is 0 Å². The number of nitrogens with one attached hydrogen (secondary N) is 1. The molecule has 0 radical (unpaired) electrons. The minimum absolute atomic E-state index is 0.172. The highest BCUT2D eigenvalue weighted by molar-refractivity contribution is 6.32. The van der Waals surface area contributed by atoms with Gasteiger partial charge in [0.05, 0.1) is 15.9 Å². The monoisotopic (exact) mass is 356 g/mol. The van der Waals surface area contributed by atoms with Crippen molar-refractivity contribution in [1.29, 1.82) is 0 Å². The lowest BCUT2D eigenvalue weighted by Crippen LogP contribution is -2.13. The zero-order valence-electron chi connectivity index (χ0n) is 13.7. The average Bonchev–Trinajstić information content (AvgIpc) is 2.58. The molecule has 6 heteroatoms. The molecule has 0 atom stereocenters. The minimum Gasteiger partial charge on any atom is -0.425 e. The van der Waals surface area contributed by atoms with E-state index in [9.17, 15) is 9.59 Å². The maximum atomic E-state index is 12.0. The molecular weight excluding hydrogens is 340 g/mol. The fraction of sp³-hybridized carbons (Fsp3) is 0.211. The summed E-state index contributed by atoms with van der Waals surface area (Å²) >= 11 is 6.02. The van der Waals surface area contributed by atoms with E-state index in [2.05, 4.69) is 9.97 Å². The zero-order chi connectivity index (χ0) is 17.8. The lowest BCUT2D eigenvalue weighted by atomic mass is 10.2. The molecule has 1 aromatic heterocycles. The Morgan fingerprint density at radius 1 is 1.24 bits per heavy atom. The van der Waals surface area contributed by atoms with Gasteiger partial charge in [0.25, 0.3) is 5.56 Å². The van der Waals surface area contributed by atoms with Crippen molar-refractivity contribution >= 4 is 28.5 Å². The summed E-state index contributed by atoms with van der Waals surface area (Å²) in [6.45, 7) is 1.90. The van der Waals surface area contributed by atoms with Crippen molar-refractivity contribution in [3.8, 4) is 5.75 Å². The predicted octanol–water partition coefficient (Wildman–Crippen LogP) is 3.81. The highest BCUT2D eigenvalue weighted by Gasteiger charge is 2.10. The Morgan fingerprint density at radius 3 is 2.88 bits per heavy atom. The number of aromatic nitrogens is 2. The molecule has 0 spiro atoms. The molecule has 0 saturated carbocycles. The number of carbonyl (C=O) groups excluding carboxylic acids is 1. The van der Waals surface area contributed by atoms with E-state index < -0.39 is 0 Å². The average molecular weight is 357 g/mol. The number of esters is 1. The largest absolute Gasteiger partial charge is 0.425 e. The van der Waals surface area contributed by atoms with E-state index in [-0.39, 0.29) is 17.9 Å². The molecule has 1 heterocycles. The minimum atomic E-state index is -0.365. The quantitative estimate of drug-likeness (QED) is 0.557. The fourth-order valence-corrected chi connectivity index (χ4v) is 2.67. The molecule has 128 valence electrons. The van der Waals surface area contributed by atoms with Crippen LogP contribution >= 0.6 is 11.6 Å². The van der Waals surface area contributed by atoms with Crippen LogP contribution in [0.25, 0.3) is 10.9 Å². The van der Waals surface area contributed by atoms with Gasteiger partial charge >= 0.3 is 5.97 Å². The van der Waals surface area contributed by atoms with Crippen molar-refractivity contribution in [3.05, 3.63) is 69.2 Å². The molecule has 25 heavy (non-hydrogen) atoms. The summed E-state index contributed by atoms with van der Waals surface area (Å²) in [7, 11) is 0. The van der Waals surface area contributed by atoms with E-state index in [1.807, 2.05) is 19.1 Å². The Kier molecular flexibility index (Phi) is 5.14. The number of aromatic amines is 1.